The lowest BCUT2D eigenvalue weighted by Crippen LogP contribution is -2.51. The summed E-state index contributed by atoms with van der Waals surface area (Å²) in [5, 5.41) is 11.8. The van der Waals surface area contributed by atoms with Gasteiger partial charge in [-0.05, 0) is 45.0 Å². The van der Waals surface area contributed by atoms with E-state index in [0.717, 1.165) is 0 Å². The van der Waals surface area contributed by atoms with E-state index in [9.17, 15) is 9.59 Å². The first-order valence-electron chi connectivity index (χ1n) is 9.44. The van der Waals surface area contributed by atoms with Crippen LogP contribution in [0.4, 0.5) is 11.4 Å². The maximum absolute atomic E-state index is 13.7. The van der Waals surface area contributed by atoms with Crippen molar-refractivity contribution in [2.45, 2.75) is 20.8 Å². The summed E-state index contributed by atoms with van der Waals surface area (Å²) in [6.45, 7) is 9.43. The first-order valence-corrected chi connectivity index (χ1v) is 9.44. The molecule has 2 aliphatic heterocycles. The van der Waals surface area contributed by atoms with Crippen molar-refractivity contribution in [2.75, 3.05) is 10.0 Å². The highest BCUT2D eigenvalue weighted by Gasteiger charge is 2.61. The molecule has 0 N–H and O–H groups in total. The molecule has 0 aromatic heterocycles. The Bertz CT molecular complexity index is 1060. The molecular formula is C23H22N4O2. The molecule has 2 aromatic rings. The monoisotopic (exact) mass is 386 g/mol. The van der Waals surface area contributed by atoms with Crippen LogP contribution in [0, 0.1) is 11.3 Å². The topological polar surface area (TPSA) is 65.3 Å². The summed E-state index contributed by atoms with van der Waals surface area (Å²) in [4.78, 5) is 27.2. The van der Waals surface area contributed by atoms with E-state index in [-0.39, 0.29) is 11.8 Å². The third-order valence-electron chi connectivity index (χ3n) is 5.59. The Morgan fingerprint density at radius 2 is 1.41 bits per heavy atom. The Morgan fingerprint density at radius 1 is 0.897 bits per heavy atom. The molecule has 146 valence electrons. The van der Waals surface area contributed by atoms with Gasteiger partial charge in [0.1, 0.15) is 11.3 Å². The third kappa shape index (κ3) is 2.63. The lowest BCUT2D eigenvalue weighted by molar-refractivity contribution is -0.129. The second-order valence-corrected chi connectivity index (χ2v) is 7.39. The van der Waals surface area contributed by atoms with E-state index in [1.54, 1.807) is 20.8 Å². The lowest BCUT2D eigenvalue weighted by atomic mass is 9.65. The first kappa shape index (κ1) is 18.8. The number of para-hydroxylation sites is 2. The third-order valence-corrected chi connectivity index (χ3v) is 5.59. The second kappa shape index (κ2) is 6.81. The largest absolute Gasteiger partial charge is 0.272 e. The molecule has 2 atom stereocenters. The summed E-state index contributed by atoms with van der Waals surface area (Å²) < 4.78 is 0. The van der Waals surface area contributed by atoms with Gasteiger partial charge in [-0.15, -0.1) is 0 Å². The molecule has 0 radical (unpaired) electrons. The number of carbonyl (C=O) groups is 2. The van der Waals surface area contributed by atoms with Crippen molar-refractivity contribution >= 4 is 34.6 Å². The predicted molar refractivity (Wildman–Crippen MR) is 115 cm³/mol. The van der Waals surface area contributed by atoms with Gasteiger partial charge in [0.2, 0.25) is 0 Å². The molecule has 2 heterocycles. The Hall–Kier alpha value is -3.54. The molecule has 2 aliphatic rings. The lowest BCUT2D eigenvalue weighted by Gasteiger charge is -2.33. The molecule has 2 aromatic carbocycles. The van der Waals surface area contributed by atoms with Crippen LogP contribution in [0.5, 0.6) is 0 Å². The van der Waals surface area contributed by atoms with Crippen molar-refractivity contribution in [3.63, 3.8) is 0 Å². The molecule has 0 spiro atoms. The fourth-order valence-electron chi connectivity index (χ4n) is 4.23. The first-order chi connectivity index (χ1) is 13.9. The van der Waals surface area contributed by atoms with Gasteiger partial charge >= 0.3 is 0 Å². The van der Waals surface area contributed by atoms with E-state index in [1.165, 1.54) is 10.0 Å². The predicted octanol–water partition coefficient (Wildman–Crippen LogP) is 4.01. The smallest absolute Gasteiger partial charge is 0.264 e. The molecule has 4 rings (SSSR count). The summed E-state index contributed by atoms with van der Waals surface area (Å²) in [7, 11) is 0. The highest BCUT2D eigenvalue weighted by Crippen LogP contribution is 2.47. The van der Waals surface area contributed by atoms with Crippen molar-refractivity contribution in [3.8, 4) is 0 Å². The van der Waals surface area contributed by atoms with Gasteiger partial charge in [-0.3, -0.25) is 9.59 Å². The van der Waals surface area contributed by atoms with Crippen LogP contribution in [0.3, 0.4) is 0 Å². The number of nitrogens with zero attached hydrogens (tertiary/aromatic N) is 4. The maximum atomic E-state index is 13.7. The standard InChI is InChI=1S/C23H22N4O2/c1-15(2)23(17(4)25-27(22(23)29)19-13-9-6-10-14-19)20-16(3)24-26(21(20)28)18-11-7-5-8-12-18/h5-14,20H,1H2,2-4H3/t20-,23+/m0/s1. The summed E-state index contributed by atoms with van der Waals surface area (Å²) in [5.41, 5.74) is 1.74. The SMILES string of the molecule is C=C(C)[C@@]1([C@@H]2C(=O)N(c3ccccc3)N=C2C)C(=O)N(c2ccccc2)N=C1C. The molecular weight excluding hydrogens is 364 g/mol. The van der Waals surface area contributed by atoms with Crippen LogP contribution < -0.4 is 10.0 Å². The van der Waals surface area contributed by atoms with Crippen LogP contribution in [0.25, 0.3) is 0 Å². The maximum Gasteiger partial charge on any atom is 0.264 e. The van der Waals surface area contributed by atoms with Crippen LogP contribution in [0.1, 0.15) is 20.8 Å². The van der Waals surface area contributed by atoms with Crippen molar-refractivity contribution in [1.29, 1.82) is 0 Å². The molecule has 29 heavy (non-hydrogen) atoms. The zero-order chi connectivity index (χ0) is 20.8. The van der Waals surface area contributed by atoms with Crippen LogP contribution >= 0.6 is 0 Å². The number of hydrogen-bond donors (Lipinski definition) is 0. The molecule has 0 aliphatic carbocycles. The van der Waals surface area contributed by atoms with E-state index in [1.807, 2.05) is 60.7 Å². The van der Waals surface area contributed by atoms with E-state index in [2.05, 4.69) is 16.8 Å². The molecule has 6 heteroatoms. The molecule has 0 fully saturated rings. The number of amides is 2. The Labute approximate surface area is 169 Å². The minimum absolute atomic E-state index is 0.255. The quantitative estimate of drug-likeness (QED) is 0.745. The summed E-state index contributed by atoms with van der Waals surface area (Å²) >= 11 is 0. The Balaban J connectivity index is 1.80. The second-order valence-electron chi connectivity index (χ2n) is 7.39. The number of benzene rings is 2. The van der Waals surface area contributed by atoms with E-state index >= 15 is 0 Å². The number of anilines is 2. The zero-order valence-electron chi connectivity index (χ0n) is 16.7. The van der Waals surface area contributed by atoms with Crippen LogP contribution in [-0.2, 0) is 9.59 Å². The van der Waals surface area contributed by atoms with Crippen LogP contribution in [0.15, 0.2) is 83.0 Å². The van der Waals surface area contributed by atoms with E-state index in [0.29, 0.717) is 28.4 Å². The molecule has 6 nitrogen and oxygen atoms in total. The van der Waals surface area contributed by atoms with Gasteiger partial charge in [0.05, 0.1) is 22.8 Å². The van der Waals surface area contributed by atoms with Crippen LogP contribution in [0.2, 0.25) is 0 Å². The van der Waals surface area contributed by atoms with Crippen molar-refractivity contribution in [1.82, 2.24) is 0 Å². The normalized spacial score (nSPS) is 24.0. The van der Waals surface area contributed by atoms with Crippen molar-refractivity contribution in [2.24, 2.45) is 21.5 Å². The highest BCUT2D eigenvalue weighted by atomic mass is 16.2. The van der Waals surface area contributed by atoms with Gasteiger partial charge in [0, 0.05) is 0 Å². The Morgan fingerprint density at radius 3 is 1.93 bits per heavy atom. The summed E-state index contributed by atoms with van der Waals surface area (Å²) in [5.74, 6) is -1.32. The number of hydrogen-bond acceptors (Lipinski definition) is 4. The minimum atomic E-state index is -1.26. The van der Waals surface area contributed by atoms with Gasteiger partial charge in [-0.25, -0.2) is 5.01 Å². The summed E-state index contributed by atoms with van der Waals surface area (Å²) in [6, 6.07) is 18.4. The number of hydrazone groups is 2. The van der Waals surface area contributed by atoms with Gasteiger partial charge < -0.3 is 0 Å². The van der Waals surface area contributed by atoms with Crippen LogP contribution in [-0.4, -0.2) is 23.2 Å². The molecule has 0 saturated heterocycles. The average Bonchev–Trinajstić information content (AvgIpc) is 3.16. The fraction of sp³-hybridized carbons (Fsp3) is 0.217. The Kier molecular flexibility index (Phi) is 4.42. The molecule has 0 unspecified atom stereocenters. The van der Waals surface area contributed by atoms with Gasteiger partial charge in [0.15, 0.2) is 0 Å². The van der Waals surface area contributed by atoms with Gasteiger partial charge in [-0.1, -0.05) is 48.6 Å². The van der Waals surface area contributed by atoms with E-state index < -0.39 is 11.3 Å². The average molecular weight is 386 g/mol. The van der Waals surface area contributed by atoms with Gasteiger partial charge in [0.25, 0.3) is 11.8 Å². The highest BCUT2D eigenvalue weighted by molar-refractivity contribution is 6.29. The molecule has 2 amide bonds. The summed E-state index contributed by atoms with van der Waals surface area (Å²) in [6.07, 6.45) is 0. The number of rotatable bonds is 4. The molecule has 0 saturated carbocycles. The van der Waals surface area contributed by atoms with Crippen molar-refractivity contribution < 1.29 is 9.59 Å². The van der Waals surface area contributed by atoms with Gasteiger partial charge in [-0.2, -0.15) is 15.2 Å². The molecule has 0 bridgehead atoms. The zero-order valence-corrected chi connectivity index (χ0v) is 16.7. The van der Waals surface area contributed by atoms with Crippen molar-refractivity contribution in [3.05, 3.63) is 72.8 Å². The number of carbonyl (C=O) groups excluding carboxylic acids is 2. The van der Waals surface area contributed by atoms with E-state index in [4.69, 9.17) is 0 Å². The minimum Gasteiger partial charge on any atom is -0.272 e. The fourth-order valence-corrected chi connectivity index (χ4v) is 4.23.